The van der Waals surface area contributed by atoms with Crippen LogP contribution in [0, 0.1) is 0 Å². The molecule has 1 nitrogen and oxygen atoms in total. The van der Waals surface area contributed by atoms with Gasteiger partial charge in [-0.1, -0.05) is 19.9 Å². The van der Waals surface area contributed by atoms with E-state index in [1.54, 1.807) is 0 Å². The minimum atomic E-state index is 0.0648. The van der Waals surface area contributed by atoms with Crippen molar-refractivity contribution in [1.29, 1.82) is 0 Å². The minimum absolute atomic E-state index is 0.0648. The van der Waals surface area contributed by atoms with Crippen LogP contribution in [0.15, 0.2) is 0 Å². The van der Waals surface area contributed by atoms with Gasteiger partial charge in [-0.25, -0.2) is 0 Å². The first-order valence-corrected chi connectivity index (χ1v) is 5.90. The average Bonchev–Trinajstić information content (AvgIpc) is 1.80. The molecule has 0 saturated carbocycles. The van der Waals surface area contributed by atoms with Crippen LogP contribution >= 0.6 is 0 Å². The summed E-state index contributed by atoms with van der Waals surface area (Å²) in [7, 11) is 0.0648. The largest absolute Gasteiger partial charge is 0.325 e. The highest BCUT2D eigenvalue weighted by atomic mass is 28.2. The Kier molecular flexibility index (Phi) is 4.21. The van der Waals surface area contributed by atoms with Gasteiger partial charge in [0.15, 0.2) is 0 Å². The van der Waals surface area contributed by atoms with Crippen LogP contribution in [0.5, 0.6) is 0 Å². The zero-order valence-electron chi connectivity index (χ0n) is 8.07. The second-order valence-electron chi connectivity index (χ2n) is 3.75. The third kappa shape index (κ3) is 3.37. The second-order valence-corrected chi connectivity index (χ2v) is 5.96. The van der Waals surface area contributed by atoms with E-state index in [2.05, 4.69) is 39.2 Å². The predicted octanol–water partition coefficient (Wildman–Crippen LogP) is 1.63. The molecule has 0 fully saturated rings. The Morgan fingerprint density at radius 1 is 1.20 bits per heavy atom. The van der Waals surface area contributed by atoms with E-state index in [4.69, 9.17) is 0 Å². The van der Waals surface area contributed by atoms with Crippen molar-refractivity contribution in [3.05, 3.63) is 0 Å². The zero-order valence-corrected chi connectivity index (χ0v) is 9.48. The average molecular weight is 159 g/mol. The molecule has 0 aromatic heterocycles. The molecule has 0 bridgehead atoms. The SMILES string of the molecule is CC[SiH2]N(CC)C(C)(C)C. The molecule has 2 heteroatoms. The van der Waals surface area contributed by atoms with Crippen LogP contribution in [0.25, 0.3) is 0 Å². The first-order chi connectivity index (χ1) is 4.52. The minimum Gasteiger partial charge on any atom is -0.325 e. The van der Waals surface area contributed by atoms with Gasteiger partial charge in [0.1, 0.15) is 0 Å². The fourth-order valence-corrected chi connectivity index (χ4v) is 2.76. The molecule has 0 radical (unpaired) electrons. The number of hydrogen-bond donors (Lipinski definition) is 0. The molecule has 0 unspecified atom stereocenters. The fourth-order valence-electron chi connectivity index (χ4n) is 1.24. The third-order valence-electron chi connectivity index (χ3n) is 1.82. The van der Waals surface area contributed by atoms with Gasteiger partial charge in [-0.05, 0) is 27.3 Å². The van der Waals surface area contributed by atoms with Crippen LogP contribution < -0.4 is 0 Å². The van der Waals surface area contributed by atoms with Crippen LogP contribution in [-0.2, 0) is 0 Å². The second kappa shape index (κ2) is 4.14. The van der Waals surface area contributed by atoms with Crippen LogP contribution in [-0.4, -0.2) is 26.3 Å². The van der Waals surface area contributed by atoms with Crippen LogP contribution in [0.2, 0.25) is 6.04 Å². The van der Waals surface area contributed by atoms with Crippen molar-refractivity contribution in [3.63, 3.8) is 0 Å². The van der Waals surface area contributed by atoms with Crippen molar-refractivity contribution in [3.8, 4) is 0 Å². The summed E-state index contributed by atoms with van der Waals surface area (Å²) in [6, 6.07) is 1.39. The van der Waals surface area contributed by atoms with E-state index in [0.717, 1.165) is 0 Å². The number of rotatable bonds is 3. The monoisotopic (exact) mass is 159 g/mol. The molecule has 0 aliphatic carbocycles. The molecule has 0 aliphatic rings. The van der Waals surface area contributed by atoms with Crippen molar-refractivity contribution in [2.45, 2.75) is 46.2 Å². The molecule has 0 rings (SSSR count). The van der Waals surface area contributed by atoms with Gasteiger partial charge in [0.25, 0.3) is 0 Å². The predicted molar refractivity (Wildman–Crippen MR) is 51.2 cm³/mol. The van der Waals surface area contributed by atoms with Gasteiger partial charge in [0.2, 0.25) is 0 Å². The van der Waals surface area contributed by atoms with E-state index < -0.39 is 0 Å². The van der Waals surface area contributed by atoms with E-state index in [9.17, 15) is 0 Å². The molecule has 0 aromatic rings. The topological polar surface area (TPSA) is 3.24 Å². The molecule has 62 valence electrons. The highest BCUT2D eigenvalue weighted by Crippen LogP contribution is 2.11. The first kappa shape index (κ1) is 10.2. The fraction of sp³-hybridized carbons (Fsp3) is 1.00. The molecule has 0 spiro atoms. The molecular formula is C8H21NSi. The summed E-state index contributed by atoms with van der Waals surface area (Å²) in [5.41, 5.74) is 0.414. The van der Waals surface area contributed by atoms with Crippen molar-refractivity contribution in [2.75, 3.05) is 6.54 Å². The van der Waals surface area contributed by atoms with Gasteiger partial charge < -0.3 is 4.57 Å². The van der Waals surface area contributed by atoms with E-state index >= 15 is 0 Å². The summed E-state index contributed by atoms with van der Waals surface area (Å²) >= 11 is 0. The number of hydrogen-bond acceptors (Lipinski definition) is 1. The Morgan fingerprint density at radius 3 is 1.80 bits per heavy atom. The molecule has 10 heavy (non-hydrogen) atoms. The van der Waals surface area contributed by atoms with Crippen molar-refractivity contribution in [1.82, 2.24) is 4.57 Å². The summed E-state index contributed by atoms with van der Waals surface area (Å²) < 4.78 is 2.63. The third-order valence-corrected chi connectivity index (χ3v) is 4.21. The maximum Gasteiger partial charge on any atom is 0.0954 e. The van der Waals surface area contributed by atoms with Gasteiger partial charge >= 0.3 is 0 Å². The highest BCUT2D eigenvalue weighted by Gasteiger charge is 2.17. The van der Waals surface area contributed by atoms with Crippen LogP contribution in [0.3, 0.4) is 0 Å². The van der Waals surface area contributed by atoms with Crippen LogP contribution in [0.4, 0.5) is 0 Å². The summed E-state index contributed by atoms with van der Waals surface area (Å²) in [5.74, 6) is 0. The van der Waals surface area contributed by atoms with E-state index in [-0.39, 0.29) is 9.68 Å². The quantitative estimate of drug-likeness (QED) is 0.566. The highest BCUT2D eigenvalue weighted by molar-refractivity contribution is 6.31. The van der Waals surface area contributed by atoms with Gasteiger partial charge in [-0.3, -0.25) is 0 Å². The molecule has 0 amide bonds. The Morgan fingerprint density at radius 2 is 1.70 bits per heavy atom. The van der Waals surface area contributed by atoms with Gasteiger partial charge in [-0.2, -0.15) is 0 Å². The summed E-state index contributed by atoms with van der Waals surface area (Å²) in [5, 5.41) is 0. The Bertz CT molecular complexity index is 85.7. The Hall–Kier alpha value is 0.177. The van der Waals surface area contributed by atoms with Crippen molar-refractivity contribution >= 4 is 9.68 Å². The molecule has 0 aliphatic heterocycles. The maximum absolute atomic E-state index is 2.63. The Balaban J connectivity index is 3.81. The van der Waals surface area contributed by atoms with E-state index in [1.165, 1.54) is 12.6 Å². The lowest BCUT2D eigenvalue weighted by atomic mass is 10.1. The molecule has 0 heterocycles. The van der Waals surface area contributed by atoms with E-state index in [0.29, 0.717) is 5.54 Å². The van der Waals surface area contributed by atoms with Crippen molar-refractivity contribution < 1.29 is 0 Å². The molecule has 0 N–H and O–H groups in total. The van der Waals surface area contributed by atoms with Gasteiger partial charge in [0, 0.05) is 5.54 Å². The van der Waals surface area contributed by atoms with Gasteiger partial charge in [0.05, 0.1) is 9.68 Å². The molecular weight excluding hydrogens is 138 g/mol. The van der Waals surface area contributed by atoms with Crippen molar-refractivity contribution in [2.24, 2.45) is 0 Å². The Labute approximate surface area is 67.7 Å². The normalized spacial score (nSPS) is 13.8. The van der Waals surface area contributed by atoms with Gasteiger partial charge in [-0.15, -0.1) is 0 Å². The zero-order chi connectivity index (χ0) is 8.20. The first-order valence-electron chi connectivity index (χ1n) is 4.27. The summed E-state index contributed by atoms with van der Waals surface area (Å²) in [6.45, 7) is 12.7. The number of nitrogens with zero attached hydrogens (tertiary/aromatic N) is 1. The lowest BCUT2D eigenvalue weighted by molar-refractivity contribution is 0.264. The lowest BCUT2D eigenvalue weighted by Crippen LogP contribution is -2.43. The summed E-state index contributed by atoms with van der Waals surface area (Å²) in [6.07, 6.45) is 0. The van der Waals surface area contributed by atoms with Crippen LogP contribution in [0.1, 0.15) is 34.6 Å². The smallest absolute Gasteiger partial charge is 0.0954 e. The molecule has 0 saturated heterocycles. The standard InChI is InChI=1S/C8H21NSi/c1-6-9(10-7-2)8(3,4)5/h6-7,10H2,1-5H3. The molecule has 0 aromatic carbocycles. The molecule has 0 atom stereocenters. The van der Waals surface area contributed by atoms with E-state index in [1.807, 2.05) is 0 Å². The maximum atomic E-state index is 2.63. The summed E-state index contributed by atoms with van der Waals surface area (Å²) in [4.78, 5) is 0. The lowest BCUT2D eigenvalue weighted by Gasteiger charge is -2.34.